The highest BCUT2D eigenvalue weighted by Crippen LogP contribution is 2.38. The average Bonchev–Trinajstić information content (AvgIpc) is 2.94. The van der Waals surface area contributed by atoms with Gasteiger partial charge in [-0.15, -0.1) is 0 Å². The molecule has 0 aromatic carbocycles. The Kier molecular flexibility index (Phi) is 3.85. The first-order valence-electron chi connectivity index (χ1n) is 7.14. The molecule has 0 aromatic heterocycles. The van der Waals surface area contributed by atoms with Crippen LogP contribution < -0.4 is 5.32 Å². The van der Waals surface area contributed by atoms with Crippen molar-refractivity contribution in [2.24, 2.45) is 17.3 Å². The summed E-state index contributed by atoms with van der Waals surface area (Å²) in [6.07, 6.45) is 1.57. The third kappa shape index (κ3) is 2.36. The third-order valence-corrected chi connectivity index (χ3v) is 4.94. The van der Waals surface area contributed by atoms with Gasteiger partial charge >= 0.3 is 5.97 Å². The molecule has 2 aliphatic rings. The Morgan fingerprint density at radius 3 is 2.53 bits per heavy atom. The minimum atomic E-state index is -0.773. The summed E-state index contributed by atoms with van der Waals surface area (Å²) in [7, 11) is 0. The normalized spacial score (nSPS) is 35.1. The third-order valence-electron chi connectivity index (χ3n) is 4.94. The van der Waals surface area contributed by atoms with Gasteiger partial charge in [0.25, 0.3) is 0 Å². The molecule has 2 N–H and O–H groups in total. The van der Waals surface area contributed by atoms with E-state index in [9.17, 15) is 14.7 Å². The Morgan fingerprint density at radius 1 is 1.42 bits per heavy atom. The minimum Gasteiger partial charge on any atom is -0.481 e. The fourth-order valence-corrected chi connectivity index (χ4v) is 3.28. The summed E-state index contributed by atoms with van der Waals surface area (Å²) < 4.78 is 0. The van der Waals surface area contributed by atoms with Gasteiger partial charge in [-0.1, -0.05) is 20.8 Å². The molecule has 2 aliphatic heterocycles. The smallest absolute Gasteiger partial charge is 0.311 e. The maximum absolute atomic E-state index is 12.5. The van der Waals surface area contributed by atoms with E-state index in [1.54, 1.807) is 4.90 Å². The van der Waals surface area contributed by atoms with E-state index in [0.29, 0.717) is 25.4 Å². The Bertz CT molecular complexity index is 383. The number of aliphatic carboxylic acids is 1. The Hall–Kier alpha value is -1.10. The van der Waals surface area contributed by atoms with Crippen LogP contribution in [-0.4, -0.2) is 47.6 Å². The monoisotopic (exact) mass is 268 g/mol. The summed E-state index contributed by atoms with van der Waals surface area (Å²) in [4.78, 5) is 25.8. The Morgan fingerprint density at radius 2 is 2.11 bits per heavy atom. The van der Waals surface area contributed by atoms with Crippen LogP contribution >= 0.6 is 0 Å². The van der Waals surface area contributed by atoms with Crippen molar-refractivity contribution in [2.75, 3.05) is 19.6 Å². The zero-order valence-corrected chi connectivity index (χ0v) is 12.0. The fourth-order valence-electron chi connectivity index (χ4n) is 3.28. The highest BCUT2D eigenvalue weighted by Gasteiger charge is 2.49. The largest absolute Gasteiger partial charge is 0.481 e. The van der Waals surface area contributed by atoms with Crippen molar-refractivity contribution in [2.45, 2.75) is 39.7 Å². The number of nitrogens with zero attached hydrogens (tertiary/aromatic N) is 1. The lowest BCUT2D eigenvalue weighted by molar-refractivity contribution is -0.151. The van der Waals surface area contributed by atoms with Gasteiger partial charge in [-0.3, -0.25) is 9.59 Å². The van der Waals surface area contributed by atoms with Crippen LogP contribution in [0, 0.1) is 17.3 Å². The minimum absolute atomic E-state index is 0.0387. The van der Waals surface area contributed by atoms with E-state index in [-0.39, 0.29) is 17.9 Å². The lowest BCUT2D eigenvalue weighted by Crippen LogP contribution is -2.47. The molecule has 0 aliphatic carbocycles. The molecule has 19 heavy (non-hydrogen) atoms. The van der Waals surface area contributed by atoms with Gasteiger partial charge in [0.2, 0.25) is 5.91 Å². The number of hydrogen-bond donors (Lipinski definition) is 2. The summed E-state index contributed by atoms with van der Waals surface area (Å²) in [5.74, 6) is -0.317. The van der Waals surface area contributed by atoms with Gasteiger partial charge in [0.05, 0.1) is 11.5 Å². The van der Waals surface area contributed by atoms with Gasteiger partial charge in [0, 0.05) is 13.1 Å². The van der Waals surface area contributed by atoms with Crippen molar-refractivity contribution in [3.63, 3.8) is 0 Å². The number of rotatable bonds is 3. The number of hydrogen-bond acceptors (Lipinski definition) is 3. The van der Waals surface area contributed by atoms with Crippen LogP contribution in [0.5, 0.6) is 0 Å². The first-order chi connectivity index (χ1) is 8.88. The highest BCUT2D eigenvalue weighted by atomic mass is 16.4. The van der Waals surface area contributed by atoms with E-state index < -0.39 is 11.4 Å². The van der Waals surface area contributed by atoms with Gasteiger partial charge in [0.15, 0.2) is 0 Å². The number of likely N-dealkylation sites (tertiary alicyclic amines) is 1. The highest BCUT2D eigenvalue weighted by molar-refractivity contribution is 5.85. The molecule has 3 atom stereocenters. The van der Waals surface area contributed by atoms with E-state index >= 15 is 0 Å². The quantitative estimate of drug-likeness (QED) is 0.799. The van der Waals surface area contributed by atoms with Crippen molar-refractivity contribution in [3.05, 3.63) is 0 Å². The first-order valence-corrected chi connectivity index (χ1v) is 7.14. The predicted molar refractivity (Wildman–Crippen MR) is 71.7 cm³/mol. The first kappa shape index (κ1) is 14.3. The molecule has 108 valence electrons. The second-order valence-electron chi connectivity index (χ2n) is 6.32. The predicted octanol–water partition coefficient (Wildman–Crippen LogP) is 0.944. The van der Waals surface area contributed by atoms with Crippen molar-refractivity contribution in [3.8, 4) is 0 Å². The van der Waals surface area contributed by atoms with Crippen LogP contribution in [0.25, 0.3) is 0 Å². The second-order valence-corrected chi connectivity index (χ2v) is 6.32. The molecule has 2 heterocycles. The van der Waals surface area contributed by atoms with Crippen LogP contribution in [0.4, 0.5) is 0 Å². The number of carboxylic acid groups (broad SMARTS) is 1. The van der Waals surface area contributed by atoms with Gasteiger partial charge < -0.3 is 15.3 Å². The SMILES string of the molecule is CC1CCNC1C(=O)N1CCC(C(=O)O)(C(C)C)C1. The zero-order chi connectivity index (χ0) is 14.2. The summed E-state index contributed by atoms with van der Waals surface area (Å²) in [5, 5.41) is 12.7. The Balaban J connectivity index is 2.09. The van der Waals surface area contributed by atoms with Crippen molar-refractivity contribution in [1.29, 1.82) is 0 Å². The number of carboxylic acids is 1. The topological polar surface area (TPSA) is 69.6 Å². The van der Waals surface area contributed by atoms with Gasteiger partial charge in [-0.25, -0.2) is 0 Å². The van der Waals surface area contributed by atoms with Gasteiger partial charge in [0.1, 0.15) is 0 Å². The summed E-state index contributed by atoms with van der Waals surface area (Å²) in [6.45, 7) is 7.72. The molecule has 0 aromatic rings. The van der Waals surface area contributed by atoms with E-state index in [4.69, 9.17) is 0 Å². The molecule has 0 spiro atoms. The Labute approximate surface area is 114 Å². The maximum atomic E-state index is 12.5. The summed E-state index contributed by atoms with van der Waals surface area (Å²) in [6, 6.07) is -0.128. The van der Waals surface area contributed by atoms with E-state index in [1.165, 1.54) is 0 Å². The summed E-state index contributed by atoms with van der Waals surface area (Å²) in [5.41, 5.74) is -0.766. The van der Waals surface area contributed by atoms with E-state index in [1.807, 2.05) is 13.8 Å². The molecule has 1 amide bonds. The van der Waals surface area contributed by atoms with E-state index in [0.717, 1.165) is 13.0 Å². The van der Waals surface area contributed by atoms with Gasteiger partial charge in [-0.05, 0) is 31.2 Å². The molecular weight excluding hydrogens is 244 g/mol. The molecule has 2 saturated heterocycles. The molecule has 0 saturated carbocycles. The average molecular weight is 268 g/mol. The van der Waals surface area contributed by atoms with Crippen molar-refractivity contribution >= 4 is 11.9 Å². The van der Waals surface area contributed by atoms with Crippen molar-refractivity contribution < 1.29 is 14.7 Å². The van der Waals surface area contributed by atoms with Crippen LogP contribution in [0.15, 0.2) is 0 Å². The molecule has 2 fully saturated rings. The summed E-state index contributed by atoms with van der Waals surface area (Å²) >= 11 is 0. The molecule has 2 rings (SSSR count). The number of amides is 1. The molecule has 0 bridgehead atoms. The lowest BCUT2D eigenvalue weighted by Gasteiger charge is -2.29. The number of carbonyl (C=O) groups excluding carboxylic acids is 1. The second kappa shape index (κ2) is 5.12. The maximum Gasteiger partial charge on any atom is 0.311 e. The van der Waals surface area contributed by atoms with Crippen LogP contribution in [0.2, 0.25) is 0 Å². The molecule has 5 nitrogen and oxygen atoms in total. The number of nitrogens with one attached hydrogen (secondary N) is 1. The molecule has 0 radical (unpaired) electrons. The van der Waals surface area contributed by atoms with Crippen LogP contribution in [0.1, 0.15) is 33.6 Å². The van der Waals surface area contributed by atoms with Crippen LogP contribution in [0.3, 0.4) is 0 Å². The number of carbonyl (C=O) groups is 2. The zero-order valence-electron chi connectivity index (χ0n) is 12.0. The molecular formula is C14H24N2O3. The van der Waals surface area contributed by atoms with Crippen LogP contribution in [-0.2, 0) is 9.59 Å². The van der Waals surface area contributed by atoms with Crippen molar-refractivity contribution in [1.82, 2.24) is 10.2 Å². The molecule has 3 unspecified atom stereocenters. The van der Waals surface area contributed by atoms with E-state index in [2.05, 4.69) is 12.2 Å². The molecule has 5 heteroatoms. The fraction of sp³-hybridized carbons (Fsp3) is 0.857. The lowest BCUT2D eigenvalue weighted by atomic mass is 9.76. The standard InChI is InChI=1S/C14H24N2O3/c1-9(2)14(13(18)19)5-7-16(8-14)12(17)11-10(3)4-6-15-11/h9-11,15H,4-8H2,1-3H3,(H,18,19). The van der Waals surface area contributed by atoms with Gasteiger partial charge in [-0.2, -0.15) is 0 Å².